The molecule has 0 saturated heterocycles. The van der Waals surface area contributed by atoms with E-state index in [0.29, 0.717) is 6.04 Å². The van der Waals surface area contributed by atoms with Gasteiger partial charge in [0, 0.05) is 25.0 Å². The Morgan fingerprint density at radius 3 is 3.00 bits per heavy atom. The summed E-state index contributed by atoms with van der Waals surface area (Å²) >= 11 is 3.42. The van der Waals surface area contributed by atoms with Crippen LogP contribution < -0.4 is 5.32 Å². The summed E-state index contributed by atoms with van der Waals surface area (Å²) in [5.74, 6) is 0. The summed E-state index contributed by atoms with van der Waals surface area (Å²) in [7, 11) is 0. The number of hydrogen-bond donors (Lipinski definition) is 2. The largest absolute Gasteiger partial charge is 0.396 e. The van der Waals surface area contributed by atoms with Gasteiger partial charge in [-0.25, -0.2) is 0 Å². The zero-order valence-electron chi connectivity index (χ0n) is 8.20. The molecule has 0 aromatic carbocycles. The number of aliphatic hydroxyl groups is 1. The van der Waals surface area contributed by atoms with Crippen LogP contribution in [0.4, 0.5) is 5.69 Å². The minimum absolute atomic E-state index is 0.216. The van der Waals surface area contributed by atoms with E-state index in [9.17, 15) is 0 Å². The molecule has 3 nitrogen and oxygen atoms in total. The molecule has 1 unspecified atom stereocenters. The van der Waals surface area contributed by atoms with Crippen molar-refractivity contribution in [2.45, 2.75) is 25.8 Å². The van der Waals surface area contributed by atoms with Gasteiger partial charge in [-0.15, -0.1) is 0 Å². The fourth-order valence-corrected chi connectivity index (χ4v) is 1.61. The van der Waals surface area contributed by atoms with Crippen molar-refractivity contribution in [2.75, 3.05) is 11.9 Å². The fourth-order valence-electron chi connectivity index (χ4n) is 1.25. The van der Waals surface area contributed by atoms with Crippen molar-refractivity contribution >= 4 is 21.6 Å². The molecule has 0 radical (unpaired) electrons. The van der Waals surface area contributed by atoms with Crippen LogP contribution in [0.15, 0.2) is 22.9 Å². The van der Waals surface area contributed by atoms with Gasteiger partial charge in [0.05, 0.1) is 10.2 Å². The summed E-state index contributed by atoms with van der Waals surface area (Å²) in [6, 6.07) is 2.24. The topological polar surface area (TPSA) is 45.1 Å². The van der Waals surface area contributed by atoms with E-state index in [-0.39, 0.29) is 6.61 Å². The molecule has 0 aliphatic carbocycles. The molecular weight excluding hydrogens is 244 g/mol. The first-order chi connectivity index (χ1) is 6.77. The molecule has 0 fully saturated rings. The number of aromatic nitrogens is 1. The van der Waals surface area contributed by atoms with E-state index in [4.69, 9.17) is 5.11 Å². The maximum Gasteiger partial charge on any atom is 0.0590 e. The van der Waals surface area contributed by atoms with E-state index in [0.717, 1.165) is 23.0 Å². The third kappa shape index (κ3) is 3.27. The fraction of sp³-hybridized carbons (Fsp3) is 0.500. The van der Waals surface area contributed by atoms with E-state index in [1.54, 1.807) is 12.4 Å². The minimum atomic E-state index is 0.216. The molecule has 1 heterocycles. The van der Waals surface area contributed by atoms with Gasteiger partial charge < -0.3 is 10.4 Å². The molecule has 0 spiro atoms. The number of rotatable bonds is 5. The van der Waals surface area contributed by atoms with Crippen LogP contribution in [0.3, 0.4) is 0 Å². The quantitative estimate of drug-likeness (QED) is 0.853. The lowest BCUT2D eigenvalue weighted by Crippen LogP contribution is -2.20. The van der Waals surface area contributed by atoms with E-state index < -0.39 is 0 Å². The summed E-state index contributed by atoms with van der Waals surface area (Å²) < 4.78 is 0.955. The van der Waals surface area contributed by atoms with E-state index in [1.165, 1.54) is 0 Å². The minimum Gasteiger partial charge on any atom is -0.396 e. The monoisotopic (exact) mass is 258 g/mol. The second-order valence-electron chi connectivity index (χ2n) is 3.12. The van der Waals surface area contributed by atoms with Crippen molar-refractivity contribution in [2.24, 2.45) is 0 Å². The molecule has 78 valence electrons. The molecule has 0 saturated carbocycles. The molecule has 1 rings (SSSR count). The van der Waals surface area contributed by atoms with Crippen molar-refractivity contribution in [3.63, 3.8) is 0 Å². The van der Waals surface area contributed by atoms with E-state index in [2.05, 4.69) is 33.2 Å². The Balaban J connectivity index is 2.62. The SMILES string of the molecule is CCC(CCO)Nc1ccncc1Br. The predicted octanol–water partition coefficient (Wildman–Crippen LogP) is 2.42. The highest BCUT2D eigenvalue weighted by atomic mass is 79.9. The van der Waals surface area contributed by atoms with Gasteiger partial charge >= 0.3 is 0 Å². The van der Waals surface area contributed by atoms with Gasteiger partial charge in [-0.3, -0.25) is 4.98 Å². The normalized spacial score (nSPS) is 12.5. The smallest absolute Gasteiger partial charge is 0.0590 e. The maximum absolute atomic E-state index is 8.85. The van der Waals surface area contributed by atoms with Gasteiger partial charge in [-0.1, -0.05) is 6.92 Å². The van der Waals surface area contributed by atoms with Crippen LogP contribution in [0, 0.1) is 0 Å². The first-order valence-corrected chi connectivity index (χ1v) is 5.54. The first-order valence-electron chi connectivity index (χ1n) is 4.74. The van der Waals surface area contributed by atoms with Gasteiger partial charge in [0.2, 0.25) is 0 Å². The highest BCUT2D eigenvalue weighted by Crippen LogP contribution is 2.21. The Hall–Kier alpha value is -0.610. The lowest BCUT2D eigenvalue weighted by Gasteiger charge is -2.17. The van der Waals surface area contributed by atoms with Crippen LogP contribution in [-0.4, -0.2) is 22.7 Å². The molecular formula is C10H15BrN2O. The van der Waals surface area contributed by atoms with Gasteiger partial charge in [0.25, 0.3) is 0 Å². The van der Waals surface area contributed by atoms with Crippen LogP contribution >= 0.6 is 15.9 Å². The molecule has 2 N–H and O–H groups in total. The van der Waals surface area contributed by atoms with Crippen LogP contribution in [-0.2, 0) is 0 Å². The first kappa shape index (κ1) is 11.5. The Morgan fingerprint density at radius 2 is 2.43 bits per heavy atom. The van der Waals surface area contributed by atoms with E-state index >= 15 is 0 Å². The number of pyridine rings is 1. The van der Waals surface area contributed by atoms with E-state index in [1.807, 2.05) is 6.07 Å². The number of halogens is 1. The Labute approximate surface area is 92.7 Å². The van der Waals surface area contributed by atoms with Crippen molar-refractivity contribution in [1.29, 1.82) is 0 Å². The van der Waals surface area contributed by atoms with Crippen molar-refractivity contribution < 1.29 is 5.11 Å². The molecule has 1 atom stereocenters. The summed E-state index contributed by atoms with van der Waals surface area (Å²) in [6.07, 6.45) is 5.27. The number of nitrogens with zero attached hydrogens (tertiary/aromatic N) is 1. The summed E-state index contributed by atoms with van der Waals surface area (Å²) in [5, 5.41) is 12.2. The molecule has 0 bridgehead atoms. The molecule has 0 aliphatic heterocycles. The highest BCUT2D eigenvalue weighted by molar-refractivity contribution is 9.10. The Kier molecular flexibility index (Phi) is 4.90. The van der Waals surface area contributed by atoms with Crippen LogP contribution in [0.5, 0.6) is 0 Å². The Bertz CT molecular complexity index is 281. The van der Waals surface area contributed by atoms with Gasteiger partial charge in [-0.2, -0.15) is 0 Å². The lowest BCUT2D eigenvalue weighted by molar-refractivity contribution is 0.278. The lowest BCUT2D eigenvalue weighted by atomic mass is 10.1. The number of hydrogen-bond acceptors (Lipinski definition) is 3. The number of nitrogens with one attached hydrogen (secondary N) is 1. The highest BCUT2D eigenvalue weighted by Gasteiger charge is 2.06. The average molecular weight is 259 g/mol. The third-order valence-electron chi connectivity index (χ3n) is 2.10. The van der Waals surface area contributed by atoms with Gasteiger partial charge in [0.1, 0.15) is 0 Å². The molecule has 1 aromatic heterocycles. The standard InChI is InChI=1S/C10H15BrN2O/c1-2-8(4-6-14)13-10-3-5-12-7-9(10)11/h3,5,7-8,14H,2,4,6H2,1H3,(H,12,13). The van der Waals surface area contributed by atoms with Crippen molar-refractivity contribution in [3.05, 3.63) is 22.9 Å². The molecule has 14 heavy (non-hydrogen) atoms. The van der Waals surface area contributed by atoms with Crippen molar-refractivity contribution in [3.8, 4) is 0 Å². The summed E-state index contributed by atoms with van der Waals surface area (Å²) in [5.41, 5.74) is 1.03. The summed E-state index contributed by atoms with van der Waals surface area (Å²) in [6.45, 7) is 2.32. The zero-order valence-corrected chi connectivity index (χ0v) is 9.79. The number of anilines is 1. The van der Waals surface area contributed by atoms with Crippen LogP contribution in [0.25, 0.3) is 0 Å². The molecule has 0 aliphatic rings. The third-order valence-corrected chi connectivity index (χ3v) is 2.73. The average Bonchev–Trinajstić information content (AvgIpc) is 2.20. The number of aliphatic hydroxyl groups excluding tert-OH is 1. The van der Waals surface area contributed by atoms with Crippen molar-refractivity contribution in [1.82, 2.24) is 4.98 Å². The summed E-state index contributed by atoms with van der Waals surface area (Å²) in [4.78, 5) is 3.99. The molecule has 0 amide bonds. The second-order valence-corrected chi connectivity index (χ2v) is 3.97. The molecule has 1 aromatic rings. The Morgan fingerprint density at radius 1 is 1.64 bits per heavy atom. The molecule has 4 heteroatoms. The maximum atomic E-state index is 8.85. The van der Waals surface area contributed by atoms with Crippen LogP contribution in [0.1, 0.15) is 19.8 Å². The van der Waals surface area contributed by atoms with Gasteiger partial charge in [0.15, 0.2) is 0 Å². The predicted molar refractivity (Wildman–Crippen MR) is 61.3 cm³/mol. The van der Waals surface area contributed by atoms with Crippen LogP contribution in [0.2, 0.25) is 0 Å². The second kappa shape index (κ2) is 5.98. The van der Waals surface area contributed by atoms with Gasteiger partial charge in [-0.05, 0) is 34.8 Å². The zero-order chi connectivity index (χ0) is 10.4.